The predicted molar refractivity (Wildman–Crippen MR) is 86.4 cm³/mol. The van der Waals surface area contributed by atoms with E-state index >= 15 is 0 Å². The van der Waals surface area contributed by atoms with Crippen LogP contribution >= 0.6 is 0 Å². The number of aromatic nitrogens is 2. The van der Waals surface area contributed by atoms with E-state index in [-0.39, 0.29) is 11.3 Å². The standard InChI is InChI=1S/C17H12F3N5/c18-17(19,20)13-5-2-1-4-12(13)14-6-10-24-15(23-14)7-11-25(24)16-21-8-3-9-22-16/h1-10H,11H2. The molecule has 0 unspecified atom stereocenters. The number of aliphatic imine (C=N–C) groups is 1. The molecule has 2 aliphatic rings. The number of hydrogen-bond donors (Lipinski definition) is 0. The smallest absolute Gasteiger partial charge is 0.242 e. The Labute approximate surface area is 141 Å². The van der Waals surface area contributed by atoms with Crippen LogP contribution in [0.15, 0.2) is 71.9 Å². The van der Waals surface area contributed by atoms with E-state index in [1.54, 1.807) is 46.8 Å². The fourth-order valence-electron chi connectivity index (χ4n) is 2.74. The molecule has 3 heterocycles. The molecule has 0 radical (unpaired) electrons. The minimum atomic E-state index is -4.43. The average molecular weight is 343 g/mol. The molecule has 0 amide bonds. The number of hydrogen-bond acceptors (Lipinski definition) is 5. The zero-order valence-corrected chi connectivity index (χ0v) is 12.9. The van der Waals surface area contributed by atoms with Crippen LogP contribution in [-0.2, 0) is 6.18 Å². The number of alkyl halides is 3. The van der Waals surface area contributed by atoms with Gasteiger partial charge in [-0.05, 0) is 24.3 Å². The molecular weight excluding hydrogens is 331 g/mol. The van der Waals surface area contributed by atoms with Crippen molar-refractivity contribution in [2.24, 2.45) is 4.99 Å². The van der Waals surface area contributed by atoms with Gasteiger partial charge >= 0.3 is 6.18 Å². The lowest BCUT2D eigenvalue weighted by atomic mass is 10.0. The summed E-state index contributed by atoms with van der Waals surface area (Å²) in [7, 11) is 0. The lowest BCUT2D eigenvalue weighted by molar-refractivity contribution is -0.137. The third-order valence-electron chi connectivity index (χ3n) is 3.84. The first-order valence-corrected chi connectivity index (χ1v) is 7.51. The van der Waals surface area contributed by atoms with Crippen LogP contribution in [0.5, 0.6) is 0 Å². The molecule has 2 aromatic rings. The zero-order chi connectivity index (χ0) is 17.4. The first-order chi connectivity index (χ1) is 12.0. The van der Waals surface area contributed by atoms with Gasteiger partial charge in [-0.1, -0.05) is 18.2 Å². The van der Waals surface area contributed by atoms with Gasteiger partial charge in [0.15, 0.2) is 0 Å². The van der Waals surface area contributed by atoms with E-state index in [4.69, 9.17) is 0 Å². The van der Waals surface area contributed by atoms with E-state index in [1.165, 1.54) is 12.1 Å². The van der Waals surface area contributed by atoms with E-state index in [0.717, 1.165) is 6.07 Å². The molecule has 0 saturated heterocycles. The average Bonchev–Trinajstić information content (AvgIpc) is 3.05. The van der Waals surface area contributed by atoms with E-state index in [0.29, 0.717) is 18.3 Å². The molecule has 25 heavy (non-hydrogen) atoms. The first-order valence-electron chi connectivity index (χ1n) is 7.51. The van der Waals surface area contributed by atoms with Gasteiger partial charge in [-0.3, -0.25) is 0 Å². The Kier molecular flexibility index (Phi) is 3.52. The van der Waals surface area contributed by atoms with E-state index < -0.39 is 11.7 Å². The Morgan fingerprint density at radius 3 is 2.52 bits per heavy atom. The van der Waals surface area contributed by atoms with Gasteiger partial charge < -0.3 is 0 Å². The van der Waals surface area contributed by atoms with Crippen molar-refractivity contribution in [2.45, 2.75) is 6.18 Å². The van der Waals surface area contributed by atoms with E-state index in [9.17, 15) is 13.2 Å². The van der Waals surface area contributed by atoms with Crippen molar-refractivity contribution in [1.82, 2.24) is 15.0 Å². The molecule has 0 aliphatic carbocycles. The van der Waals surface area contributed by atoms with Crippen LogP contribution in [0.2, 0.25) is 0 Å². The Bertz CT molecular complexity index is 887. The number of fused-ring (bicyclic) bond motifs is 1. The number of anilines is 1. The highest BCUT2D eigenvalue weighted by Gasteiger charge is 2.35. The molecule has 0 saturated carbocycles. The molecule has 1 aromatic carbocycles. The largest absolute Gasteiger partial charge is 0.417 e. The molecule has 0 bridgehead atoms. The maximum absolute atomic E-state index is 13.2. The summed E-state index contributed by atoms with van der Waals surface area (Å²) >= 11 is 0. The van der Waals surface area contributed by atoms with Crippen molar-refractivity contribution in [1.29, 1.82) is 0 Å². The van der Waals surface area contributed by atoms with Crippen molar-refractivity contribution in [2.75, 3.05) is 11.6 Å². The Hall–Kier alpha value is -3.16. The third-order valence-corrected chi connectivity index (χ3v) is 3.84. The summed E-state index contributed by atoms with van der Waals surface area (Å²) < 4.78 is 39.7. The summed E-state index contributed by atoms with van der Waals surface area (Å²) in [6, 6.07) is 7.14. The van der Waals surface area contributed by atoms with Crippen LogP contribution in [0, 0.1) is 0 Å². The summed E-state index contributed by atoms with van der Waals surface area (Å²) in [4.78, 5) is 12.8. The second kappa shape index (κ2) is 5.73. The number of hydrazine groups is 1. The monoisotopic (exact) mass is 343 g/mol. The van der Waals surface area contributed by atoms with Gasteiger partial charge in [0.05, 0.1) is 17.8 Å². The van der Waals surface area contributed by atoms with Gasteiger partial charge in [0.1, 0.15) is 5.82 Å². The van der Waals surface area contributed by atoms with Crippen LogP contribution in [0.4, 0.5) is 19.1 Å². The fraction of sp³-hybridized carbons (Fsp3) is 0.118. The van der Waals surface area contributed by atoms with Crippen LogP contribution in [0.1, 0.15) is 11.1 Å². The molecule has 0 fully saturated rings. The normalized spacial score (nSPS) is 16.6. The molecule has 1 aromatic heterocycles. The summed E-state index contributed by atoms with van der Waals surface area (Å²) in [5.74, 6) is 1.04. The van der Waals surface area contributed by atoms with Crippen LogP contribution in [0.3, 0.4) is 0 Å². The maximum atomic E-state index is 13.2. The first kappa shape index (κ1) is 15.4. The highest BCUT2D eigenvalue weighted by atomic mass is 19.4. The molecule has 0 atom stereocenters. The lowest BCUT2D eigenvalue weighted by Crippen LogP contribution is -2.36. The molecule has 4 rings (SSSR count). The summed E-state index contributed by atoms with van der Waals surface area (Å²) in [6.45, 7) is 0.487. The van der Waals surface area contributed by atoms with Crippen molar-refractivity contribution < 1.29 is 13.2 Å². The molecule has 126 valence electrons. The second-order valence-corrected chi connectivity index (χ2v) is 5.39. The Morgan fingerprint density at radius 1 is 1.00 bits per heavy atom. The van der Waals surface area contributed by atoms with Crippen molar-refractivity contribution in [3.8, 4) is 0 Å². The Morgan fingerprint density at radius 2 is 1.76 bits per heavy atom. The second-order valence-electron chi connectivity index (χ2n) is 5.39. The third kappa shape index (κ3) is 2.75. The summed E-state index contributed by atoms with van der Waals surface area (Å²) in [5.41, 5.74) is -0.374. The Balaban J connectivity index is 1.67. The predicted octanol–water partition coefficient (Wildman–Crippen LogP) is 3.39. The quantitative estimate of drug-likeness (QED) is 0.838. The van der Waals surface area contributed by atoms with E-state index in [1.807, 2.05) is 6.08 Å². The summed E-state index contributed by atoms with van der Waals surface area (Å²) in [5, 5.41) is 3.50. The van der Waals surface area contributed by atoms with Gasteiger partial charge in [0, 0.05) is 24.2 Å². The molecule has 0 spiro atoms. The zero-order valence-electron chi connectivity index (χ0n) is 12.9. The number of rotatable bonds is 2. The van der Waals surface area contributed by atoms with Gasteiger partial charge in [0.25, 0.3) is 0 Å². The highest BCUT2D eigenvalue weighted by molar-refractivity contribution is 6.10. The van der Waals surface area contributed by atoms with Crippen LogP contribution < -0.4 is 5.01 Å². The maximum Gasteiger partial charge on any atom is 0.417 e. The fourth-order valence-corrected chi connectivity index (χ4v) is 2.74. The minimum absolute atomic E-state index is 0.0567. The van der Waals surface area contributed by atoms with Gasteiger partial charge in [0.2, 0.25) is 5.95 Å². The number of halogens is 3. The van der Waals surface area contributed by atoms with Crippen LogP contribution in [0.25, 0.3) is 0 Å². The van der Waals surface area contributed by atoms with Crippen molar-refractivity contribution >= 4 is 11.7 Å². The lowest BCUT2D eigenvalue weighted by Gasteiger charge is -2.29. The topological polar surface area (TPSA) is 44.6 Å². The van der Waals surface area contributed by atoms with Crippen molar-refractivity contribution in [3.63, 3.8) is 0 Å². The highest BCUT2D eigenvalue weighted by Crippen LogP contribution is 2.34. The molecular formula is C17H12F3N5. The van der Waals surface area contributed by atoms with Gasteiger partial charge in [-0.25, -0.2) is 25.0 Å². The minimum Gasteiger partial charge on any atom is -0.242 e. The number of allylic oxidation sites excluding steroid dienone is 1. The molecule has 8 heteroatoms. The van der Waals surface area contributed by atoms with Crippen LogP contribution in [-0.4, -0.2) is 27.2 Å². The molecule has 5 nitrogen and oxygen atoms in total. The number of nitrogens with zero attached hydrogens (tertiary/aromatic N) is 5. The van der Waals surface area contributed by atoms with Gasteiger partial charge in [-0.2, -0.15) is 13.2 Å². The van der Waals surface area contributed by atoms with Crippen molar-refractivity contribution in [3.05, 3.63) is 78.0 Å². The van der Waals surface area contributed by atoms with Gasteiger partial charge in [-0.15, -0.1) is 0 Å². The SMILES string of the molecule is FC(F)(F)c1ccccc1C1=NC2=CCN(c3ncccn3)N2C=C1. The van der Waals surface area contributed by atoms with E-state index in [2.05, 4.69) is 15.0 Å². The number of benzene rings is 1. The molecule has 0 N–H and O–H groups in total. The molecule has 2 aliphatic heterocycles. The summed E-state index contributed by atoms with van der Waals surface area (Å²) in [6.07, 6.45) is 3.87.